The summed E-state index contributed by atoms with van der Waals surface area (Å²) in [5, 5.41) is 10.7. The van der Waals surface area contributed by atoms with E-state index in [1.165, 1.54) is 51.4 Å². The van der Waals surface area contributed by atoms with Crippen LogP contribution < -0.4 is 0 Å². The van der Waals surface area contributed by atoms with Gasteiger partial charge in [0.25, 0.3) is 0 Å². The van der Waals surface area contributed by atoms with Crippen molar-refractivity contribution in [1.29, 1.82) is 0 Å². The fraction of sp³-hybridized carbons (Fsp3) is 0.958. The molecule has 4 saturated carbocycles. The maximum Gasteiger partial charge on any atom is 0.133 e. The monoisotopic (exact) mass is 360 g/mol. The molecular formula is C24H40O2. The third-order valence-electron chi connectivity index (χ3n) is 10.0. The first-order valence-electron chi connectivity index (χ1n) is 11.4. The summed E-state index contributed by atoms with van der Waals surface area (Å²) < 4.78 is 0. The van der Waals surface area contributed by atoms with Crippen molar-refractivity contribution in [2.45, 2.75) is 104 Å². The molecule has 0 saturated heterocycles. The second kappa shape index (κ2) is 6.33. The maximum absolute atomic E-state index is 12.4. The number of carbonyl (C=O) groups is 1. The molecule has 0 radical (unpaired) electrons. The average Bonchev–Trinajstić information content (AvgIpc) is 2.70. The molecule has 2 nitrogen and oxygen atoms in total. The first-order chi connectivity index (χ1) is 12.2. The number of rotatable bonds is 1. The molecule has 26 heavy (non-hydrogen) atoms. The molecule has 148 valence electrons. The standard InChI is InChI=1S/C24H40O2/c1-16(25)19-6-5-7-20-18-9-8-17-10-12-22(2,26)14-15-23(17,3)21(18)11-13-24(19,20)4/h17-21,26H,5-15H2,1-4H3/t17?,18-,19?,20?,21?,22-,23-,24+/m0/s1. The van der Waals surface area contributed by atoms with Crippen molar-refractivity contribution in [3.63, 3.8) is 0 Å². The van der Waals surface area contributed by atoms with Gasteiger partial charge in [-0.15, -0.1) is 0 Å². The fourth-order valence-corrected chi connectivity index (χ4v) is 8.41. The molecule has 4 fully saturated rings. The summed E-state index contributed by atoms with van der Waals surface area (Å²) >= 11 is 0. The number of hydrogen-bond acceptors (Lipinski definition) is 2. The summed E-state index contributed by atoms with van der Waals surface area (Å²) in [6.07, 6.45) is 13.4. The van der Waals surface area contributed by atoms with E-state index in [9.17, 15) is 9.90 Å². The van der Waals surface area contributed by atoms with E-state index in [1.54, 1.807) is 0 Å². The van der Waals surface area contributed by atoms with Crippen LogP contribution in [0.5, 0.6) is 0 Å². The molecular weight excluding hydrogens is 320 g/mol. The number of Topliss-reactive ketones (excluding diaryl/α,β-unsaturated/α-hetero) is 1. The van der Waals surface area contributed by atoms with Gasteiger partial charge in [0.2, 0.25) is 0 Å². The second-order valence-corrected chi connectivity index (χ2v) is 11.3. The zero-order valence-electron chi connectivity index (χ0n) is 17.5. The van der Waals surface area contributed by atoms with Crippen molar-refractivity contribution < 1.29 is 9.90 Å². The molecule has 1 N–H and O–H groups in total. The van der Waals surface area contributed by atoms with Gasteiger partial charge in [-0.05, 0) is 113 Å². The largest absolute Gasteiger partial charge is 0.390 e. The summed E-state index contributed by atoms with van der Waals surface area (Å²) in [6, 6.07) is 0. The molecule has 4 aliphatic carbocycles. The minimum atomic E-state index is -0.455. The van der Waals surface area contributed by atoms with Crippen molar-refractivity contribution in [2.75, 3.05) is 0 Å². The summed E-state index contributed by atoms with van der Waals surface area (Å²) in [5.41, 5.74) is 0.210. The van der Waals surface area contributed by atoms with E-state index in [2.05, 4.69) is 20.8 Å². The molecule has 0 heterocycles. The van der Waals surface area contributed by atoms with Gasteiger partial charge in [0.1, 0.15) is 5.78 Å². The normalized spacial score (nSPS) is 54.4. The van der Waals surface area contributed by atoms with Crippen LogP contribution in [0.4, 0.5) is 0 Å². The minimum absolute atomic E-state index is 0.255. The zero-order chi connectivity index (χ0) is 18.7. The van der Waals surface area contributed by atoms with Gasteiger partial charge in [0.05, 0.1) is 5.60 Å². The second-order valence-electron chi connectivity index (χ2n) is 11.3. The Morgan fingerprint density at radius 2 is 1.54 bits per heavy atom. The van der Waals surface area contributed by atoms with E-state index in [4.69, 9.17) is 0 Å². The van der Waals surface area contributed by atoms with Crippen molar-refractivity contribution >= 4 is 5.78 Å². The molecule has 0 aromatic carbocycles. The van der Waals surface area contributed by atoms with E-state index in [0.717, 1.165) is 42.9 Å². The number of hydrogen-bond donors (Lipinski definition) is 1. The van der Waals surface area contributed by atoms with Crippen molar-refractivity contribution in [3.05, 3.63) is 0 Å². The highest BCUT2D eigenvalue weighted by molar-refractivity contribution is 5.79. The maximum atomic E-state index is 12.4. The lowest BCUT2D eigenvalue weighted by atomic mass is 9.42. The molecule has 4 unspecified atom stereocenters. The molecule has 0 aliphatic heterocycles. The highest BCUT2D eigenvalue weighted by atomic mass is 16.3. The van der Waals surface area contributed by atoms with Crippen molar-refractivity contribution in [2.24, 2.45) is 40.4 Å². The Morgan fingerprint density at radius 3 is 2.27 bits per heavy atom. The van der Waals surface area contributed by atoms with Gasteiger partial charge in [0, 0.05) is 5.92 Å². The average molecular weight is 361 g/mol. The smallest absolute Gasteiger partial charge is 0.133 e. The molecule has 4 aliphatic rings. The van der Waals surface area contributed by atoms with Gasteiger partial charge in [-0.1, -0.05) is 20.3 Å². The quantitative estimate of drug-likeness (QED) is 0.645. The Kier molecular flexibility index (Phi) is 4.61. The number of carbonyl (C=O) groups excluding carboxylic acids is 1. The van der Waals surface area contributed by atoms with Crippen LogP contribution in [-0.4, -0.2) is 16.5 Å². The Bertz CT molecular complexity index is 567. The summed E-state index contributed by atoms with van der Waals surface area (Å²) in [4.78, 5) is 12.4. The molecule has 4 rings (SSSR count). The van der Waals surface area contributed by atoms with Gasteiger partial charge >= 0.3 is 0 Å². The Hall–Kier alpha value is -0.370. The molecule has 0 amide bonds. The van der Waals surface area contributed by atoms with Gasteiger partial charge < -0.3 is 5.11 Å². The van der Waals surface area contributed by atoms with Gasteiger partial charge in [-0.2, -0.15) is 0 Å². The topological polar surface area (TPSA) is 37.3 Å². The molecule has 0 aromatic heterocycles. The number of ketones is 1. The lowest BCUT2D eigenvalue weighted by molar-refractivity contribution is -0.150. The summed E-state index contributed by atoms with van der Waals surface area (Å²) in [6.45, 7) is 8.94. The lowest BCUT2D eigenvalue weighted by Crippen LogP contribution is -2.55. The van der Waals surface area contributed by atoms with Crippen LogP contribution in [0.3, 0.4) is 0 Å². The van der Waals surface area contributed by atoms with Crippen LogP contribution in [0.1, 0.15) is 98.3 Å². The third-order valence-corrected chi connectivity index (χ3v) is 10.0. The van der Waals surface area contributed by atoms with Crippen LogP contribution >= 0.6 is 0 Å². The first-order valence-corrected chi connectivity index (χ1v) is 11.4. The number of aliphatic hydroxyl groups is 1. The highest BCUT2D eigenvalue weighted by Gasteiger charge is 2.59. The van der Waals surface area contributed by atoms with Gasteiger partial charge in [0.15, 0.2) is 0 Å². The summed E-state index contributed by atoms with van der Waals surface area (Å²) in [5.74, 6) is 3.95. The lowest BCUT2D eigenvalue weighted by Gasteiger charge is -2.62. The Morgan fingerprint density at radius 1 is 0.808 bits per heavy atom. The van der Waals surface area contributed by atoms with Crippen LogP contribution in [0.25, 0.3) is 0 Å². The van der Waals surface area contributed by atoms with Crippen molar-refractivity contribution in [1.82, 2.24) is 0 Å². The Labute approximate surface area is 160 Å². The van der Waals surface area contributed by atoms with E-state index >= 15 is 0 Å². The molecule has 2 heteroatoms. The summed E-state index contributed by atoms with van der Waals surface area (Å²) in [7, 11) is 0. The minimum Gasteiger partial charge on any atom is -0.390 e. The fourth-order valence-electron chi connectivity index (χ4n) is 8.41. The molecule has 0 bridgehead atoms. The number of fused-ring (bicyclic) bond motifs is 5. The van der Waals surface area contributed by atoms with E-state index in [-0.39, 0.29) is 5.41 Å². The van der Waals surface area contributed by atoms with E-state index < -0.39 is 5.60 Å². The molecule has 8 atom stereocenters. The van der Waals surface area contributed by atoms with E-state index in [1.807, 2.05) is 6.92 Å². The zero-order valence-corrected chi connectivity index (χ0v) is 17.5. The van der Waals surface area contributed by atoms with Crippen molar-refractivity contribution in [3.8, 4) is 0 Å². The third kappa shape index (κ3) is 2.81. The van der Waals surface area contributed by atoms with Crippen LogP contribution in [-0.2, 0) is 4.79 Å². The van der Waals surface area contributed by atoms with Crippen LogP contribution in [0.15, 0.2) is 0 Å². The van der Waals surface area contributed by atoms with Crippen LogP contribution in [0.2, 0.25) is 0 Å². The highest BCUT2D eigenvalue weighted by Crippen LogP contribution is 2.66. The predicted molar refractivity (Wildman–Crippen MR) is 106 cm³/mol. The van der Waals surface area contributed by atoms with Gasteiger partial charge in [-0.25, -0.2) is 0 Å². The van der Waals surface area contributed by atoms with Gasteiger partial charge in [-0.3, -0.25) is 4.79 Å². The van der Waals surface area contributed by atoms with E-state index in [0.29, 0.717) is 17.1 Å². The SMILES string of the molecule is CC(=O)C1CCCC2[C@@H]3CCC4CC[C@](C)(O)CC[C@]4(C)C3CC[C@]12C. The predicted octanol–water partition coefficient (Wildman–Crippen LogP) is 5.77. The Balaban J connectivity index is 1.63. The first kappa shape index (κ1) is 19.0. The molecule has 0 spiro atoms. The van der Waals surface area contributed by atoms with Crippen LogP contribution in [0, 0.1) is 40.4 Å². The molecule has 0 aromatic rings.